The summed E-state index contributed by atoms with van der Waals surface area (Å²) in [5, 5.41) is 15.3. The van der Waals surface area contributed by atoms with E-state index >= 15 is 0 Å². The minimum atomic E-state index is -0.447. The summed E-state index contributed by atoms with van der Waals surface area (Å²) in [7, 11) is 0. The Bertz CT molecular complexity index is 2080. The molecule has 1 atom stereocenters. The molecule has 8 rings (SSSR count). The van der Waals surface area contributed by atoms with Gasteiger partial charge in [0, 0.05) is 38.0 Å². The second-order valence-electron chi connectivity index (χ2n) is 14.0. The number of carbonyl (C=O) groups is 4. The first-order valence-electron chi connectivity index (χ1n) is 18.1. The van der Waals surface area contributed by atoms with Crippen LogP contribution in [0.1, 0.15) is 56.9 Å². The standard InChI is InChI=1S/C38H41N9O6/c1-23(48)53-33-8-3-2-5-28(33)29-19-32(37(39)43-42-29)47-21-26(20-40-47)45-16-15-44(22-35(45)50)25-11-9-24(10-12-25)27-6-4-7-30-36(27)52-18-17-46(30)31-13-14-34(49)41-38(31)51/h2-8,19-21,24-25,31H,9-18,22H2,1H3,(H2,39,43)(H,41,49,51)/t24?,25?,31-/m0/s1. The van der Waals surface area contributed by atoms with Crippen molar-refractivity contribution < 1.29 is 28.7 Å². The number of para-hydroxylation sites is 2. The summed E-state index contributed by atoms with van der Waals surface area (Å²) in [5.41, 5.74) is 10.5. The lowest BCUT2D eigenvalue weighted by atomic mass is 9.80. The molecule has 15 heteroatoms. The maximum absolute atomic E-state index is 13.6. The molecule has 0 unspecified atom stereocenters. The van der Waals surface area contributed by atoms with Gasteiger partial charge in [0.25, 0.3) is 0 Å². The number of aromatic nitrogens is 4. The summed E-state index contributed by atoms with van der Waals surface area (Å²) < 4.78 is 13.2. The van der Waals surface area contributed by atoms with E-state index in [1.165, 1.54) is 12.5 Å². The molecule has 0 spiro atoms. The van der Waals surface area contributed by atoms with Crippen molar-refractivity contribution in [2.45, 2.75) is 63.5 Å². The number of ether oxygens (including phenoxy) is 2. The molecule has 5 heterocycles. The van der Waals surface area contributed by atoms with Crippen molar-refractivity contribution >= 4 is 40.9 Å². The van der Waals surface area contributed by atoms with Crippen molar-refractivity contribution in [3.05, 3.63) is 66.5 Å². The minimum Gasteiger partial charge on any atom is -0.489 e. The summed E-state index contributed by atoms with van der Waals surface area (Å²) in [4.78, 5) is 55.8. The number of nitrogens with two attached hydrogens (primary N) is 1. The maximum Gasteiger partial charge on any atom is 0.308 e. The fourth-order valence-electron chi connectivity index (χ4n) is 8.16. The first-order chi connectivity index (χ1) is 25.7. The molecule has 2 aromatic heterocycles. The predicted molar refractivity (Wildman–Crippen MR) is 195 cm³/mol. The Kier molecular flexibility index (Phi) is 9.24. The first-order valence-corrected chi connectivity index (χ1v) is 18.1. The Labute approximate surface area is 306 Å². The molecular formula is C38H41N9O6. The number of piperazine rings is 1. The average molecular weight is 720 g/mol. The van der Waals surface area contributed by atoms with Gasteiger partial charge in [0.2, 0.25) is 17.7 Å². The van der Waals surface area contributed by atoms with Crippen LogP contribution < -0.4 is 30.3 Å². The molecule has 4 aliphatic rings. The molecule has 1 saturated carbocycles. The Hall–Kier alpha value is -5.83. The second kappa shape index (κ2) is 14.3. The van der Waals surface area contributed by atoms with E-state index in [1.54, 1.807) is 46.2 Å². The van der Waals surface area contributed by atoms with Crippen molar-refractivity contribution in [3.8, 4) is 28.4 Å². The van der Waals surface area contributed by atoms with E-state index in [1.807, 2.05) is 18.2 Å². The minimum absolute atomic E-state index is 0.00816. The fourth-order valence-corrected chi connectivity index (χ4v) is 8.16. The molecule has 3 N–H and O–H groups in total. The highest BCUT2D eigenvalue weighted by Crippen LogP contribution is 2.45. The van der Waals surface area contributed by atoms with Crippen LogP contribution in [-0.4, -0.2) is 93.4 Å². The number of nitrogens with zero attached hydrogens (tertiary/aromatic N) is 7. The van der Waals surface area contributed by atoms with Gasteiger partial charge in [0.15, 0.2) is 5.82 Å². The second-order valence-corrected chi connectivity index (χ2v) is 14.0. The van der Waals surface area contributed by atoms with Crippen molar-refractivity contribution in [2.24, 2.45) is 0 Å². The molecule has 4 aromatic rings. The van der Waals surface area contributed by atoms with Gasteiger partial charge in [-0.25, -0.2) is 4.68 Å². The monoisotopic (exact) mass is 719 g/mol. The number of esters is 1. The van der Waals surface area contributed by atoms with E-state index in [-0.39, 0.29) is 29.6 Å². The van der Waals surface area contributed by atoms with E-state index in [0.717, 1.165) is 43.7 Å². The number of nitrogen functional groups attached to an aromatic ring is 1. The van der Waals surface area contributed by atoms with Crippen LogP contribution in [0.5, 0.6) is 11.5 Å². The summed E-state index contributed by atoms with van der Waals surface area (Å²) in [5.74, 6) is 0.787. The number of hydrogen-bond acceptors (Lipinski definition) is 12. The van der Waals surface area contributed by atoms with Crippen molar-refractivity contribution in [2.75, 3.05) is 48.3 Å². The van der Waals surface area contributed by atoms with E-state index in [9.17, 15) is 19.2 Å². The topological polar surface area (TPSA) is 178 Å². The van der Waals surface area contributed by atoms with Gasteiger partial charge in [0.05, 0.1) is 42.6 Å². The number of nitrogens with one attached hydrogen (secondary N) is 1. The van der Waals surface area contributed by atoms with Crippen molar-refractivity contribution in [1.82, 2.24) is 30.2 Å². The molecule has 3 amide bonds. The Balaban J connectivity index is 0.906. The van der Waals surface area contributed by atoms with Crippen molar-refractivity contribution in [1.29, 1.82) is 0 Å². The van der Waals surface area contributed by atoms with Gasteiger partial charge in [-0.15, -0.1) is 10.2 Å². The predicted octanol–water partition coefficient (Wildman–Crippen LogP) is 3.22. The molecule has 53 heavy (non-hydrogen) atoms. The number of piperidine rings is 1. The van der Waals surface area contributed by atoms with Gasteiger partial charge in [-0.05, 0) is 67.9 Å². The Morgan fingerprint density at radius 3 is 2.58 bits per heavy atom. The zero-order chi connectivity index (χ0) is 36.6. The van der Waals surface area contributed by atoms with Crippen LogP contribution in [0.15, 0.2) is 60.9 Å². The maximum atomic E-state index is 13.6. The van der Waals surface area contributed by atoms with E-state index < -0.39 is 5.97 Å². The Morgan fingerprint density at radius 1 is 0.962 bits per heavy atom. The molecular weight excluding hydrogens is 678 g/mol. The lowest BCUT2D eigenvalue weighted by Crippen LogP contribution is -2.54. The molecule has 1 aliphatic carbocycles. The normalized spacial score (nSPS) is 22.2. The molecule has 2 saturated heterocycles. The van der Waals surface area contributed by atoms with Crippen LogP contribution in [0, 0.1) is 0 Å². The highest BCUT2D eigenvalue weighted by atomic mass is 16.5. The summed E-state index contributed by atoms with van der Waals surface area (Å²) in [6, 6.07) is 14.9. The number of rotatable bonds is 7. The molecule has 0 bridgehead atoms. The summed E-state index contributed by atoms with van der Waals surface area (Å²) in [6.07, 6.45) is 8.12. The van der Waals surface area contributed by atoms with Crippen LogP contribution in [0.4, 0.5) is 17.2 Å². The van der Waals surface area contributed by atoms with Crippen molar-refractivity contribution in [3.63, 3.8) is 0 Å². The number of benzene rings is 2. The zero-order valence-electron chi connectivity index (χ0n) is 29.4. The summed E-state index contributed by atoms with van der Waals surface area (Å²) in [6.45, 7) is 4.02. The third-order valence-corrected chi connectivity index (χ3v) is 10.7. The zero-order valence-corrected chi connectivity index (χ0v) is 29.4. The van der Waals surface area contributed by atoms with Crippen LogP contribution in [0.25, 0.3) is 16.9 Å². The molecule has 3 aliphatic heterocycles. The van der Waals surface area contributed by atoms with E-state index in [2.05, 4.69) is 36.5 Å². The van der Waals surface area contributed by atoms with Gasteiger partial charge >= 0.3 is 5.97 Å². The van der Waals surface area contributed by atoms with E-state index in [4.69, 9.17) is 15.2 Å². The number of hydrogen-bond donors (Lipinski definition) is 2. The lowest BCUT2D eigenvalue weighted by molar-refractivity contribution is -0.134. The van der Waals surface area contributed by atoms with Gasteiger partial charge in [-0.2, -0.15) is 5.10 Å². The molecule has 274 valence electrons. The average Bonchev–Trinajstić information content (AvgIpc) is 3.65. The Morgan fingerprint density at radius 2 is 1.79 bits per heavy atom. The fraction of sp³-hybridized carbons (Fsp3) is 0.395. The van der Waals surface area contributed by atoms with Gasteiger partial charge < -0.3 is 25.0 Å². The number of carbonyl (C=O) groups excluding carboxylic acids is 4. The molecule has 15 nitrogen and oxygen atoms in total. The smallest absolute Gasteiger partial charge is 0.308 e. The van der Waals surface area contributed by atoms with E-state index in [0.29, 0.717) is 79.4 Å². The number of anilines is 3. The van der Waals surface area contributed by atoms with Crippen LogP contribution >= 0.6 is 0 Å². The highest BCUT2D eigenvalue weighted by Gasteiger charge is 2.37. The van der Waals surface area contributed by atoms with Crippen LogP contribution in [0.2, 0.25) is 0 Å². The van der Waals surface area contributed by atoms with Gasteiger partial charge in [0.1, 0.15) is 29.8 Å². The SMILES string of the molecule is CC(=O)Oc1ccccc1-c1cc(-n2cc(N3CCN(C4CCC(c5cccc6c5OCCN6[C@H]5CCC(=O)NC5=O)CC4)CC3=O)cn2)c(N)nn1. The number of fused-ring (bicyclic) bond motifs is 1. The molecule has 2 aromatic carbocycles. The third-order valence-electron chi connectivity index (χ3n) is 10.7. The largest absolute Gasteiger partial charge is 0.489 e. The molecule has 0 radical (unpaired) electrons. The highest BCUT2D eigenvalue weighted by molar-refractivity contribution is 6.02. The first kappa shape index (κ1) is 34.3. The summed E-state index contributed by atoms with van der Waals surface area (Å²) >= 11 is 0. The van der Waals surface area contributed by atoms with Crippen LogP contribution in [0.3, 0.4) is 0 Å². The van der Waals surface area contributed by atoms with Gasteiger partial charge in [-0.1, -0.05) is 24.3 Å². The number of imide groups is 1. The lowest BCUT2D eigenvalue weighted by Gasteiger charge is -2.42. The molecule has 3 fully saturated rings. The quantitative estimate of drug-likeness (QED) is 0.162. The van der Waals surface area contributed by atoms with Gasteiger partial charge in [-0.3, -0.25) is 29.4 Å². The number of amides is 3. The third kappa shape index (κ3) is 6.79. The van der Waals surface area contributed by atoms with Crippen LogP contribution in [-0.2, 0) is 19.2 Å².